The molecule has 1 fully saturated rings. The number of aromatic nitrogens is 1. The molecule has 32 heavy (non-hydrogen) atoms. The van der Waals surface area contributed by atoms with Crippen LogP contribution in [0.2, 0.25) is 0 Å². The Kier molecular flexibility index (Phi) is 6.61. The molecule has 1 saturated heterocycles. The average molecular weight is 429 g/mol. The number of rotatable bonds is 5. The van der Waals surface area contributed by atoms with Gasteiger partial charge in [-0.2, -0.15) is 0 Å². The van der Waals surface area contributed by atoms with Gasteiger partial charge < -0.3 is 15.5 Å². The highest BCUT2D eigenvalue weighted by Crippen LogP contribution is 2.24. The maximum absolute atomic E-state index is 13.2. The van der Waals surface area contributed by atoms with Crippen LogP contribution in [0, 0.1) is 13.8 Å². The summed E-state index contributed by atoms with van der Waals surface area (Å²) in [5, 5.41) is 6.22. The zero-order valence-corrected chi connectivity index (χ0v) is 18.5. The van der Waals surface area contributed by atoms with Crippen molar-refractivity contribution in [2.75, 3.05) is 26.2 Å². The van der Waals surface area contributed by atoms with Crippen molar-refractivity contribution in [1.29, 1.82) is 0 Å². The maximum Gasteiger partial charge on any atom is 0.253 e. The number of nitrogens with zero attached hydrogens (tertiary/aromatic N) is 2. The Morgan fingerprint density at radius 1 is 0.938 bits per heavy atom. The lowest BCUT2D eigenvalue weighted by atomic mass is 9.98. The predicted octanol–water partition coefficient (Wildman–Crippen LogP) is 3.34. The molecule has 2 aromatic carbocycles. The number of hydrogen-bond acceptors (Lipinski definition) is 4. The van der Waals surface area contributed by atoms with Gasteiger partial charge >= 0.3 is 0 Å². The minimum absolute atomic E-state index is 0.0442. The monoisotopic (exact) mass is 428 g/mol. The summed E-state index contributed by atoms with van der Waals surface area (Å²) in [6.45, 7) is 7.22. The quantitative estimate of drug-likeness (QED) is 0.654. The van der Waals surface area contributed by atoms with Crippen molar-refractivity contribution in [3.63, 3.8) is 0 Å². The fourth-order valence-corrected chi connectivity index (χ4v) is 3.73. The summed E-state index contributed by atoms with van der Waals surface area (Å²) in [5.41, 5.74) is 5.86. The molecule has 2 amide bonds. The molecule has 0 aliphatic carbocycles. The second-order valence-corrected chi connectivity index (χ2v) is 8.20. The SMILES string of the molecule is Cc1ccc(-c2cc(C(=O)NCc3ccc(C)nc3)cc(C(=O)N3CCNCC3)c2)cc1. The number of nitrogens with one attached hydrogen (secondary N) is 2. The lowest BCUT2D eigenvalue weighted by Gasteiger charge is -2.27. The van der Waals surface area contributed by atoms with Gasteiger partial charge in [-0.05, 0) is 54.8 Å². The van der Waals surface area contributed by atoms with Crippen LogP contribution in [-0.2, 0) is 6.54 Å². The number of benzene rings is 2. The third-order valence-electron chi connectivity index (χ3n) is 5.66. The second-order valence-electron chi connectivity index (χ2n) is 8.20. The summed E-state index contributed by atoms with van der Waals surface area (Å²) in [6.07, 6.45) is 1.76. The van der Waals surface area contributed by atoms with Gasteiger partial charge in [-0.1, -0.05) is 35.9 Å². The highest BCUT2D eigenvalue weighted by Gasteiger charge is 2.20. The number of piperazine rings is 1. The number of carbonyl (C=O) groups excluding carboxylic acids is 2. The molecule has 164 valence electrons. The van der Waals surface area contributed by atoms with E-state index in [1.54, 1.807) is 12.3 Å². The van der Waals surface area contributed by atoms with Gasteiger partial charge in [0.1, 0.15) is 0 Å². The van der Waals surface area contributed by atoms with E-state index in [1.165, 1.54) is 0 Å². The van der Waals surface area contributed by atoms with E-state index in [2.05, 4.69) is 15.6 Å². The standard InChI is InChI=1S/C26H28N4O2/c1-18-3-7-21(8-4-18)22-13-23(25(31)29-17-20-6-5-19(2)28-16-20)15-24(14-22)26(32)30-11-9-27-10-12-30/h3-8,13-16,27H,9-12,17H2,1-2H3,(H,29,31). The number of aryl methyl sites for hydroxylation is 2. The fourth-order valence-electron chi connectivity index (χ4n) is 3.73. The zero-order chi connectivity index (χ0) is 22.5. The van der Waals surface area contributed by atoms with E-state index in [1.807, 2.05) is 67.3 Å². The molecule has 1 aliphatic heterocycles. The molecule has 0 bridgehead atoms. The van der Waals surface area contributed by atoms with Crippen LogP contribution < -0.4 is 10.6 Å². The Balaban J connectivity index is 1.62. The van der Waals surface area contributed by atoms with Crippen molar-refractivity contribution in [2.45, 2.75) is 20.4 Å². The van der Waals surface area contributed by atoms with E-state index in [-0.39, 0.29) is 11.8 Å². The van der Waals surface area contributed by atoms with Crippen LogP contribution in [0.3, 0.4) is 0 Å². The highest BCUT2D eigenvalue weighted by molar-refractivity contribution is 6.01. The van der Waals surface area contributed by atoms with Crippen molar-refractivity contribution < 1.29 is 9.59 Å². The average Bonchev–Trinajstić information content (AvgIpc) is 2.83. The molecular formula is C26H28N4O2. The van der Waals surface area contributed by atoms with Crippen molar-refractivity contribution in [3.8, 4) is 11.1 Å². The van der Waals surface area contributed by atoms with Crippen LogP contribution in [0.5, 0.6) is 0 Å². The summed E-state index contributed by atoms with van der Waals surface area (Å²) in [4.78, 5) is 32.3. The smallest absolute Gasteiger partial charge is 0.253 e. The van der Waals surface area contributed by atoms with Gasteiger partial charge in [0.25, 0.3) is 11.8 Å². The minimum atomic E-state index is -0.214. The Morgan fingerprint density at radius 2 is 1.66 bits per heavy atom. The first-order chi connectivity index (χ1) is 15.5. The van der Waals surface area contributed by atoms with Crippen molar-refractivity contribution >= 4 is 11.8 Å². The second kappa shape index (κ2) is 9.75. The van der Waals surface area contributed by atoms with Crippen molar-refractivity contribution in [3.05, 3.63) is 88.7 Å². The molecule has 1 aliphatic rings. The largest absolute Gasteiger partial charge is 0.348 e. The number of amides is 2. The van der Waals surface area contributed by atoms with E-state index in [4.69, 9.17) is 0 Å². The van der Waals surface area contributed by atoms with Crippen LogP contribution in [-0.4, -0.2) is 47.9 Å². The molecule has 3 aromatic rings. The van der Waals surface area contributed by atoms with Crippen LogP contribution >= 0.6 is 0 Å². The van der Waals surface area contributed by atoms with Crippen LogP contribution in [0.4, 0.5) is 0 Å². The maximum atomic E-state index is 13.2. The van der Waals surface area contributed by atoms with Gasteiger partial charge in [0.05, 0.1) is 0 Å². The normalized spacial score (nSPS) is 13.6. The minimum Gasteiger partial charge on any atom is -0.348 e. The number of hydrogen-bond donors (Lipinski definition) is 2. The van der Waals surface area contributed by atoms with Gasteiger partial charge in [0.2, 0.25) is 0 Å². The van der Waals surface area contributed by atoms with Gasteiger partial charge in [-0.15, -0.1) is 0 Å². The summed E-state index contributed by atoms with van der Waals surface area (Å²) in [5.74, 6) is -0.258. The van der Waals surface area contributed by atoms with Gasteiger partial charge in [-0.3, -0.25) is 14.6 Å². The van der Waals surface area contributed by atoms with Crippen LogP contribution in [0.25, 0.3) is 11.1 Å². The first-order valence-corrected chi connectivity index (χ1v) is 10.9. The lowest BCUT2D eigenvalue weighted by Crippen LogP contribution is -2.46. The number of carbonyl (C=O) groups is 2. The number of pyridine rings is 1. The molecule has 0 unspecified atom stereocenters. The Labute approximate surface area is 188 Å². The Bertz CT molecular complexity index is 1100. The Hall–Kier alpha value is -3.51. The first-order valence-electron chi connectivity index (χ1n) is 10.9. The topological polar surface area (TPSA) is 74.3 Å². The lowest BCUT2D eigenvalue weighted by molar-refractivity contribution is 0.0736. The third-order valence-corrected chi connectivity index (χ3v) is 5.66. The Morgan fingerprint density at radius 3 is 2.34 bits per heavy atom. The molecule has 6 heteroatoms. The molecule has 4 rings (SSSR count). The summed E-state index contributed by atoms with van der Waals surface area (Å²) >= 11 is 0. The molecule has 0 saturated carbocycles. The molecule has 1 aromatic heterocycles. The fraction of sp³-hybridized carbons (Fsp3) is 0.269. The van der Waals surface area contributed by atoms with E-state index in [9.17, 15) is 9.59 Å². The van der Waals surface area contributed by atoms with Gasteiger partial charge in [0, 0.05) is 55.7 Å². The first kappa shape index (κ1) is 21.7. The van der Waals surface area contributed by atoms with Crippen LogP contribution in [0.1, 0.15) is 37.5 Å². The highest BCUT2D eigenvalue weighted by atomic mass is 16.2. The third kappa shape index (κ3) is 5.21. The van der Waals surface area contributed by atoms with E-state index >= 15 is 0 Å². The zero-order valence-electron chi connectivity index (χ0n) is 18.5. The summed E-state index contributed by atoms with van der Waals surface area (Å²) in [6, 6.07) is 17.4. The molecule has 2 N–H and O–H groups in total. The van der Waals surface area contributed by atoms with E-state index in [0.717, 1.165) is 41.0 Å². The van der Waals surface area contributed by atoms with Crippen LogP contribution in [0.15, 0.2) is 60.8 Å². The summed E-state index contributed by atoms with van der Waals surface area (Å²) < 4.78 is 0. The van der Waals surface area contributed by atoms with Gasteiger partial charge in [0.15, 0.2) is 0 Å². The molecule has 2 heterocycles. The molecule has 0 spiro atoms. The van der Waals surface area contributed by atoms with E-state index < -0.39 is 0 Å². The van der Waals surface area contributed by atoms with Gasteiger partial charge in [-0.25, -0.2) is 0 Å². The predicted molar refractivity (Wildman–Crippen MR) is 126 cm³/mol. The molecular weight excluding hydrogens is 400 g/mol. The molecule has 0 atom stereocenters. The van der Waals surface area contributed by atoms with E-state index in [0.29, 0.717) is 30.8 Å². The van der Waals surface area contributed by atoms with Crippen molar-refractivity contribution in [1.82, 2.24) is 20.5 Å². The molecule has 0 radical (unpaired) electrons. The summed E-state index contributed by atoms with van der Waals surface area (Å²) in [7, 11) is 0. The molecule has 6 nitrogen and oxygen atoms in total. The van der Waals surface area contributed by atoms with Crippen molar-refractivity contribution in [2.24, 2.45) is 0 Å².